The summed E-state index contributed by atoms with van der Waals surface area (Å²) in [5.41, 5.74) is 9.95. The second-order valence-corrected chi connectivity index (χ2v) is 7.04. The summed E-state index contributed by atoms with van der Waals surface area (Å²) in [4.78, 5) is 22.7. The van der Waals surface area contributed by atoms with Crippen LogP contribution in [0.15, 0.2) is 30.6 Å². The number of carbonyl (C=O) groups excluding carboxylic acids is 1. The van der Waals surface area contributed by atoms with Gasteiger partial charge in [0, 0.05) is 29.2 Å². The first-order valence-corrected chi connectivity index (χ1v) is 8.96. The highest BCUT2D eigenvalue weighted by atomic mass is 32.1. The number of nitrogen functional groups attached to an aromatic ring is 1. The molecule has 1 amide bonds. The zero-order valence-corrected chi connectivity index (χ0v) is 14.0. The van der Waals surface area contributed by atoms with Crippen molar-refractivity contribution in [2.45, 2.75) is 32.1 Å². The number of aryl methyl sites for hydroxylation is 2. The Labute approximate surface area is 143 Å². The number of pyridine rings is 2. The van der Waals surface area contributed by atoms with Crippen molar-refractivity contribution in [2.24, 2.45) is 0 Å². The van der Waals surface area contributed by atoms with Gasteiger partial charge in [-0.05, 0) is 49.4 Å². The van der Waals surface area contributed by atoms with E-state index in [4.69, 9.17) is 10.7 Å². The van der Waals surface area contributed by atoms with Gasteiger partial charge < -0.3 is 11.1 Å². The van der Waals surface area contributed by atoms with Gasteiger partial charge in [-0.15, -0.1) is 11.3 Å². The molecule has 1 aliphatic rings. The highest BCUT2D eigenvalue weighted by Crippen LogP contribution is 2.35. The molecule has 0 saturated heterocycles. The van der Waals surface area contributed by atoms with Gasteiger partial charge in [-0.3, -0.25) is 9.78 Å². The number of nitrogens with zero attached hydrogens (tertiary/aromatic N) is 2. The molecule has 1 aliphatic carbocycles. The van der Waals surface area contributed by atoms with Crippen molar-refractivity contribution in [2.75, 3.05) is 11.1 Å². The first-order valence-electron chi connectivity index (χ1n) is 8.14. The van der Waals surface area contributed by atoms with Crippen molar-refractivity contribution >= 4 is 38.8 Å². The molecule has 6 heteroatoms. The maximum absolute atomic E-state index is 12.6. The number of thiophene rings is 1. The lowest BCUT2D eigenvalue weighted by Gasteiger charge is -2.05. The van der Waals surface area contributed by atoms with E-state index >= 15 is 0 Å². The molecule has 0 fully saturated rings. The van der Waals surface area contributed by atoms with Crippen molar-refractivity contribution in [1.29, 1.82) is 0 Å². The molecular formula is C18H18N4OS. The Kier molecular flexibility index (Phi) is 3.90. The van der Waals surface area contributed by atoms with Gasteiger partial charge >= 0.3 is 0 Å². The van der Waals surface area contributed by atoms with E-state index in [9.17, 15) is 4.79 Å². The van der Waals surface area contributed by atoms with Crippen LogP contribution in [0.25, 0.3) is 10.2 Å². The molecule has 0 radical (unpaired) electrons. The van der Waals surface area contributed by atoms with Crippen LogP contribution in [0, 0.1) is 0 Å². The van der Waals surface area contributed by atoms with Crippen molar-refractivity contribution in [1.82, 2.24) is 9.97 Å². The highest BCUT2D eigenvalue weighted by molar-refractivity contribution is 7.21. The van der Waals surface area contributed by atoms with Gasteiger partial charge in [0.1, 0.15) is 9.71 Å². The average molecular weight is 338 g/mol. The molecule has 3 heterocycles. The van der Waals surface area contributed by atoms with Gasteiger partial charge in [-0.1, -0.05) is 6.42 Å². The Morgan fingerprint density at radius 3 is 2.79 bits per heavy atom. The fraction of sp³-hybridized carbons (Fsp3) is 0.278. The fourth-order valence-corrected chi connectivity index (χ4v) is 4.12. The first-order chi connectivity index (χ1) is 11.7. The van der Waals surface area contributed by atoms with Crippen molar-refractivity contribution in [3.63, 3.8) is 0 Å². The molecule has 0 aromatic carbocycles. The molecule has 24 heavy (non-hydrogen) atoms. The molecule has 3 N–H and O–H groups in total. The molecule has 0 bridgehead atoms. The number of aromatic nitrogens is 2. The van der Waals surface area contributed by atoms with Crippen LogP contribution >= 0.6 is 11.3 Å². The Bertz CT molecular complexity index is 904. The lowest BCUT2D eigenvalue weighted by atomic mass is 10.1. The van der Waals surface area contributed by atoms with Crippen LogP contribution in [-0.2, 0) is 12.8 Å². The summed E-state index contributed by atoms with van der Waals surface area (Å²) in [5.74, 6) is -0.197. The van der Waals surface area contributed by atoms with Crippen molar-refractivity contribution in [3.05, 3.63) is 46.7 Å². The van der Waals surface area contributed by atoms with E-state index in [1.54, 1.807) is 24.5 Å². The predicted molar refractivity (Wildman–Crippen MR) is 97.5 cm³/mol. The van der Waals surface area contributed by atoms with E-state index in [1.165, 1.54) is 41.9 Å². The number of fused-ring (bicyclic) bond motifs is 2. The number of hydrogen-bond donors (Lipinski definition) is 2. The summed E-state index contributed by atoms with van der Waals surface area (Å²) in [6.45, 7) is 0. The number of carbonyl (C=O) groups is 1. The summed E-state index contributed by atoms with van der Waals surface area (Å²) in [7, 11) is 0. The molecule has 0 unspecified atom stereocenters. The largest absolute Gasteiger partial charge is 0.397 e. The molecule has 0 spiro atoms. The summed E-state index contributed by atoms with van der Waals surface area (Å²) >= 11 is 1.37. The molecule has 3 aromatic rings. The van der Waals surface area contributed by atoms with Gasteiger partial charge in [0.05, 0.1) is 5.69 Å². The zero-order chi connectivity index (χ0) is 16.5. The van der Waals surface area contributed by atoms with Gasteiger partial charge in [0.25, 0.3) is 5.91 Å². The number of nitrogens with one attached hydrogen (secondary N) is 1. The van der Waals surface area contributed by atoms with Crippen LogP contribution in [0.1, 0.15) is 40.2 Å². The van der Waals surface area contributed by atoms with Gasteiger partial charge in [-0.25, -0.2) is 4.98 Å². The monoisotopic (exact) mass is 338 g/mol. The SMILES string of the molecule is Nc1c(C(=O)Nc2ccncc2)sc2nc3c(cc12)CCCCC3. The molecule has 4 rings (SSSR count). The van der Waals surface area contributed by atoms with E-state index in [2.05, 4.69) is 16.4 Å². The molecular weight excluding hydrogens is 320 g/mol. The molecule has 0 aliphatic heterocycles. The van der Waals surface area contributed by atoms with Crippen molar-refractivity contribution < 1.29 is 4.79 Å². The average Bonchev–Trinajstić information content (AvgIpc) is 2.77. The van der Waals surface area contributed by atoms with E-state index < -0.39 is 0 Å². The number of amides is 1. The van der Waals surface area contributed by atoms with E-state index in [0.29, 0.717) is 16.3 Å². The zero-order valence-electron chi connectivity index (χ0n) is 13.2. The fourth-order valence-electron chi connectivity index (χ4n) is 3.13. The lowest BCUT2D eigenvalue weighted by Crippen LogP contribution is -2.11. The smallest absolute Gasteiger partial charge is 0.267 e. The van der Waals surface area contributed by atoms with Crippen LogP contribution < -0.4 is 11.1 Å². The Hall–Kier alpha value is -2.47. The topological polar surface area (TPSA) is 80.9 Å². The molecule has 5 nitrogen and oxygen atoms in total. The van der Waals surface area contributed by atoms with Crippen LogP contribution in [0.2, 0.25) is 0 Å². The van der Waals surface area contributed by atoms with E-state index in [0.717, 1.165) is 23.1 Å². The number of anilines is 2. The molecule has 0 saturated carbocycles. The van der Waals surface area contributed by atoms with Crippen LogP contribution in [0.5, 0.6) is 0 Å². The first kappa shape index (κ1) is 15.1. The number of rotatable bonds is 2. The molecule has 122 valence electrons. The minimum atomic E-state index is -0.197. The Morgan fingerprint density at radius 1 is 1.17 bits per heavy atom. The van der Waals surface area contributed by atoms with Crippen LogP contribution in [0.3, 0.4) is 0 Å². The molecule has 0 atom stereocenters. The summed E-state index contributed by atoms with van der Waals surface area (Å²) in [6.07, 6.45) is 8.97. The van der Waals surface area contributed by atoms with E-state index in [1.807, 2.05) is 0 Å². The predicted octanol–water partition coefficient (Wildman–Crippen LogP) is 3.79. The Morgan fingerprint density at radius 2 is 1.96 bits per heavy atom. The second kappa shape index (κ2) is 6.20. The minimum Gasteiger partial charge on any atom is -0.397 e. The standard InChI is InChI=1S/C18H18N4OS/c19-15-13-10-11-4-2-1-3-5-14(11)22-18(13)24-16(15)17(23)21-12-6-8-20-9-7-12/h6-10H,1-5,19H2,(H,20,21,23). The minimum absolute atomic E-state index is 0.197. The third kappa shape index (κ3) is 2.73. The van der Waals surface area contributed by atoms with Gasteiger partial charge in [0.2, 0.25) is 0 Å². The Balaban J connectivity index is 1.71. The summed E-state index contributed by atoms with van der Waals surface area (Å²) in [6, 6.07) is 5.64. The third-order valence-electron chi connectivity index (χ3n) is 4.39. The lowest BCUT2D eigenvalue weighted by molar-refractivity contribution is 0.103. The second-order valence-electron chi connectivity index (χ2n) is 6.04. The summed E-state index contributed by atoms with van der Waals surface area (Å²) < 4.78 is 0. The number of hydrogen-bond acceptors (Lipinski definition) is 5. The maximum Gasteiger partial charge on any atom is 0.267 e. The third-order valence-corrected chi connectivity index (χ3v) is 5.51. The van der Waals surface area contributed by atoms with Crippen molar-refractivity contribution in [3.8, 4) is 0 Å². The van der Waals surface area contributed by atoms with Crippen LogP contribution in [-0.4, -0.2) is 15.9 Å². The molecule has 3 aromatic heterocycles. The number of nitrogens with two attached hydrogens (primary N) is 1. The van der Waals surface area contributed by atoms with Crippen LogP contribution in [0.4, 0.5) is 11.4 Å². The summed E-state index contributed by atoms with van der Waals surface area (Å²) in [5, 5.41) is 3.77. The van der Waals surface area contributed by atoms with Gasteiger partial charge in [-0.2, -0.15) is 0 Å². The normalized spacial score (nSPS) is 14.2. The highest BCUT2D eigenvalue weighted by Gasteiger charge is 2.20. The van der Waals surface area contributed by atoms with E-state index in [-0.39, 0.29) is 5.91 Å². The maximum atomic E-state index is 12.6. The van der Waals surface area contributed by atoms with Gasteiger partial charge in [0.15, 0.2) is 0 Å². The quantitative estimate of drug-likeness (QED) is 0.697.